The van der Waals surface area contributed by atoms with Crippen molar-refractivity contribution in [2.24, 2.45) is 0 Å². The van der Waals surface area contributed by atoms with Crippen molar-refractivity contribution in [1.82, 2.24) is 4.98 Å². The molecule has 22 heavy (non-hydrogen) atoms. The molecule has 0 unspecified atom stereocenters. The second kappa shape index (κ2) is 6.11. The predicted octanol–water partition coefficient (Wildman–Crippen LogP) is 4.87. The molecular weight excluding hydrogens is 370 g/mol. The second-order valence-electron chi connectivity index (χ2n) is 5.53. The number of hydrogen-bond donors (Lipinski definition) is 0. The molecule has 2 rings (SSSR count). The lowest BCUT2D eigenvalue weighted by molar-refractivity contribution is 0.0599. The Hall–Kier alpha value is -1.84. The molecule has 0 spiro atoms. The van der Waals surface area contributed by atoms with Gasteiger partial charge >= 0.3 is 6.09 Å². The van der Waals surface area contributed by atoms with Gasteiger partial charge in [0.2, 0.25) is 0 Å². The van der Waals surface area contributed by atoms with Crippen molar-refractivity contribution in [2.75, 3.05) is 4.90 Å². The summed E-state index contributed by atoms with van der Waals surface area (Å²) in [5.41, 5.74) is 0.134. The Morgan fingerprint density at radius 2 is 2.14 bits per heavy atom. The van der Waals surface area contributed by atoms with Gasteiger partial charge in [0.15, 0.2) is 6.19 Å². The number of fused-ring (bicyclic) bond motifs is 1. The van der Waals surface area contributed by atoms with Gasteiger partial charge in [-0.1, -0.05) is 27.5 Å². The highest BCUT2D eigenvalue weighted by molar-refractivity contribution is 9.10. The number of pyridine rings is 1. The van der Waals surface area contributed by atoms with Crippen molar-refractivity contribution in [2.45, 2.75) is 26.4 Å². The molecule has 1 heterocycles. The van der Waals surface area contributed by atoms with Crippen molar-refractivity contribution in [3.63, 3.8) is 0 Å². The summed E-state index contributed by atoms with van der Waals surface area (Å²) in [4.78, 5) is 17.1. The zero-order chi connectivity index (χ0) is 16.5. The molecular formula is C15H13BrClN3O2. The van der Waals surface area contributed by atoms with Gasteiger partial charge in [0.05, 0.1) is 16.7 Å². The normalized spacial score (nSPS) is 11.1. The van der Waals surface area contributed by atoms with Crippen molar-refractivity contribution in [3.05, 3.63) is 33.9 Å². The van der Waals surface area contributed by atoms with Crippen LogP contribution in [0.5, 0.6) is 0 Å². The van der Waals surface area contributed by atoms with Gasteiger partial charge in [-0.05, 0) is 39.0 Å². The highest BCUT2D eigenvalue weighted by atomic mass is 79.9. The summed E-state index contributed by atoms with van der Waals surface area (Å²) in [5.74, 6) is 0. The third-order valence-corrected chi connectivity index (χ3v) is 3.55. The van der Waals surface area contributed by atoms with E-state index in [9.17, 15) is 10.1 Å². The number of carbonyl (C=O) groups is 1. The van der Waals surface area contributed by atoms with E-state index in [1.165, 1.54) is 6.20 Å². The molecule has 1 aromatic heterocycles. The van der Waals surface area contributed by atoms with E-state index < -0.39 is 11.7 Å². The quantitative estimate of drug-likeness (QED) is 0.521. The molecule has 0 radical (unpaired) electrons. The number of amides is 1. The number of rotatable bonds is 1. The SMILES string of the molecule is CC(C)(C)OC(=O)N(C#N)c1cnc2ccc(Br)cc2c1Cl. The largest absolute Gasteiger partial charge is 0.443 e. The topological polar surface area (TPSA) is 66.2 Å². The van der Waals surface area contributed by atoms with Crippen LogP contribution in [-0.2, 0) is 4.74 Å². The fraction of sp³-hybridized carbons (Fsp3) is 0.267. The Morgan fingerprint density at radius 3 is 2.73 bits per heavy atom. The lowest BCUT2D eigenvalue weighted by Gasteiger charge is -2.23. The van der Waals surface area contributed by atoms with Gasteiger partial charge in [-0.15, -0.1) is 0 Å². The van der Waals surface area contributed by atoms with Crippen LogP contribution in [0.25, 0.3) is 10.9 Å². The number of carbonyl (C=O) groups excluding carboxylic acids is 1. The number of nitrogens with zero attached hydrogens (tertiary/aromatic N) is 3. The van der Waals surface area contributed by atoms with Crippen LogP contribution >= 0.6 is 27.5 Å². The molecule has 0 atom stereocenters. The molecule has 2 aromatic rings. The average molecular weight is 383 g/mol. The lowest BCUT2D eigenvalue weighted by atomic mass is 10.2. The van der Waals surface area contributed by atoms with Gasteiger partial charge in [-0.2, -0.15) is 10.2 Å². The van der Waals surface area contributed by atoms with Gasteiger partial charge < -0.3 is 4.74 Å². The summed E-state index contributed by atoms with van der Waals surface area (Å²) in [5, 5.41) is 10.2. The fourth-order valence-corrected chi connectivity index (χ4v) is 2.42. The van der Waals surface area contributed by atoms with Crippen molar-refractivity contribution in [3.8, 4) is 6.19 Å². The van der Waals surface area contributed by atoms with E-state index in [1.54, 1.807) is 39.1 Å². The Kier molecular flexibility index (Phi) is 4.59. The maximum Gasteiger partial charge on any atom is 0.428 e. The van der Waals surface area contributed by atoms with E-state index in [4.69, 9.17) is 16.3 Å². The summed E-state index contributed by atoms with van der Waals surface area (Å²) >= 11 is 9.70. The number of nitriles is 1. The molecule has 0 aliphatic rings. The third kappa shape index (κ3) is 3.49. The van der Waals surface area contributed by atoms with E-state index in [1.807, 2.05) is 6.07 Å². The minimum absolute atomic E-state index is 0.184. The van der Waals surface area contributed by atoms with Crippen LogP contribution in [-0.4, -0.2) is 16.7 Å². The smallest absolute Gasteiger partial charge is 0.428 e. The van der Waals surface area contributed by atoms with Crippen LogP contribution in [0.4, 0.5) is 10.5 Å². The molecule has 1 aromatic carbocycles. The summed E-state index contributed by atoms with van der Waals surface area (Å²) in [6.07, 6.45) is 2.37. The number of halogens is 2. The van der Waals surface area contributed by atoms with Gasteiger partial charge in [0, 0.05) is 9.86 Å². The predicted molar refractivity (Wildman–Crippen MR) is 88.8 cm³/mol. The molecule has 0 bridgehead atoms. The van der Waals surface area contributed by atoms with Crippen molar-refractivity contribution >= 4 is 50.2 Å². The van der Waals surface area contributed by atoms with E-state index in [2.05, 4.69) is 20.9 Å². The standard InChI is InChI=1S/C15H13BrClN3O2/c1-15(2,3)22-14(21)20(8-18)12-7-19-11-5-4-9(16)6-10(11)13(12)17/h4-7H,1-3H3. The highest BCUT2D eigenvalue weighted by Crippen LogP contribution is 2.34. The van der Waals surface area contributed by atoms with Crippen molar-refractivity contribution < 1.29 is 9.53 Å². The molecule has 0 N–H and O–H groups in total. The van der Waals surface area contributed by atoms with E-state index >= 15 is 0 Å². The minimum atomic E-state index is -0.798. The first kappa shape index (κ1) is 16.5. The molecule has 0 saturated carbocycles. The van der Waals surface area contributed by atoms with Crippen LogP contribution in [0, 0.1) is 11.5 Å². The highest BCUT2D eigenvalue weighted by Gasteiger charge is 2.26. The van der Waals surface area contributed by atoms with Crippen LogP contribution < -0.4 is 4.90 Å². The first-order valence-electron chi connectivity index (χ1n) is 6.39. The molecule has 114 valence electrons. The first-order chi connectivity index (χ1) is 10.2. The van der Waals surface area contributed by atoms with Crippen LogP contribution in [0.3, 0.4) is 0 Å². The summed E-state index contributed by atoms with van der Waals surface area (Å²) in [6, 6.07) is 5.40. The Labute approximate surface area is 141 Å². The summed E-state index contributed by atoms with van der Waals surface area (Å²) < 4.78 is 6.03. The second-order valence-corrected chi connectivity index (χ2v) is 6.83. The van der Waals surface area contributed by atoms with Crippen LogP contribution in [0.2, 0.25) is 5.02 Å². The molecule has 0 fully saturated rings. The zero-order valence-corrected chi connectivity index (χ0v) is 14.6. The maximum atomic E-state index is 12.1. The molecule has 1 amide bonds. The number of aromatic nitrogens is 1. The van der Waals surface area contributed by atoms with Crippen LogP contribution in [0.15, 0.2) is 28.9 Å². The zero-order valence-electron chi connectivity index (χ0n) is 12.2. The maximum absolute atomic E-state index is 12.1. The molecule has 0 aliphatic carbocycles. The van der Waals surface area contributed by atoms with E-state index in [0.717, 1.165) is 9.37 Å². The molecule has 7 heteroatoms. The summed E-state index contributed by atoms with van der Waals surface area (Å²) in [6.45, 7) is 5.16. The van der Waals surface area contributed by atoms with E-state index in [-0.39, 0.29) is 10.7 Å². The fourth-order valence-electron chi connectivity index (χ4n) is 1.78. The monoisotopic (exact) mass is 381 g/mol. The van der Waals surface area contributed by atoms with Gasteiger partial charge in [-0.25, -0.2) is 4.79 Å². The minimum Gasteiger partial charge on any atom is -0.443 e. The molecule has 0 aliphatic heterocycles. The number of ether oxygens (including phenoxy) is 1. The van der Waals surface area contributed by atoms with E-state index in [0.29, 0.717) is 10.9 Å². The van der Waals surface area contributed by atoms with Gasteiger partial charge in [-0.3, -0.25) is 4.98 Å². The van der Waals surface area contributed by atoms with Crippen LogP contribution in [0.1, 0.15) is 20.8 Å². The van der Waals surface area contributed by atoms with Gasteiger partial charge in [0.1, 0.15) is 11.3 Å². The number of benzene rings is 1. The molecule has 5 nitrogen and oxygen atoms in total. The summed E-state index contributed by atoms with van der Waals surface area (Å²) in [7, 11) is 0. The Bertz CT molecular complexity index is 781. The molecule has 0 saturated heterocycles. The van der Waals surface area contributed by atoms with Gasteiger partial charge in [0.25, 0.3) is 0 Å². The first-order valence-corrected chi connectivity index (χ1v) is 7.56. The number of anilines is 1. The van der Waals surface area contributed by atoms with Crippen molar-refractivity contribution in [1.29, 1.82) is 5.26 Å². The Balaban J connectivity index is 2.50. The lowest BCUT2D eigenvalue weighted by Crippen LogP contribution is -2.34. The average Bonchev–Trinajstić information content (AvgIpc) is 2.40. The Morgan fingerprint density at radius 1 is 1.45 bits per heavy atom. The number of hydrogen-bond acceptors (Lipinski definition) is 4. The third-order valence-electron chi connectivity index (χ3n) is 2.66.